The van der Waals surface area contributed by atoms with Gasteiger partial charge < -0.3 is 10.4 Å². The van der Waals surface area contributed by atoms with Crippen molar-refractivity contribution in [2.75, 3.05) is 0 Å². The molecule has 0 aromatic heterocycles. The Morgan fingerprint density at radius 3 is 2.29 bits per heavy atom. The first kappa shape index (κ1) is 12.2. The Hall–Kier alpha value is -1.83. The SMILES string of the molecule is C=C(C#N)C(=O)NC(C(=O)O)C(C)C. The molecule has 5 heteroatoms. The maximum absolute atomic E-state index is 11.1. The zero-order valence-electron chi connectivity index (χ0n) is 8.07. The topological polar surface area (TPSA) is 90.2 Å². The molecule has 0 aromatic carbocycles. The predicted octanol–water partition coefficient (Wildman–Crippen LogP) is 0.292. The quantitative estimate of drug-likeness (QED) is 0.499. The molecule has 0 saturated heterocycles. The Kier molecular flexibility index (Phi) is 4.36. The zero-order chi connectivity index (χ0) is 11.3. The number of carbonyl (C=O) groups excluding carboxylic acids is 1. The number of rotatable bonds is 4. The number of amides is 1. The number of hydrogen-bond acceptors (Lipinski definition) is 3. The van der Waals surface area contributed by atoms with Gasteiger partial charge in [-0.3, -0.25) is 4.79 Å². The third kappa shape index (κ3) is 3.27. The van der Waals surface area contributed by atoms with Crippen molar-refractivity contribution < 1.29 is 14.7 Å². The highest BCUT2D eigenvalue weighted by Gasteiger charge is 2.24. The van der Waals surface area contributed by atoms with Crippen molar-refractivity contribution in [3.05, 3.63) is 12.2 Å². The molecule has 0 aromatic rings. The van der Waals surface area contributed by atoms with Gasteiger partial charge >= 0.3 is 5.97 Å². The van der Waals surface area contributed by atoms with Gasteiger partial charge in [0.05, 0.1) is 0 Å². The number of carbonyl (C=O) groups is 2. The summed E-state index contributed by atoms with van der Waals surface area (Å²) in [7, 11) is 0. The fourth-order valence-electron chi connectivity index (χ4n) is 0.793. The van der Waals surface area contributed by atoms with Crippen LogP contribution in [-0.2, 0) is 9.59 Å². The van der Waals surface area contributed by atoms with Gasteiger partial charge in [0.1, 0.15) is 17.7 Å². The molecule has 5 nitrogen and oxygen atoms in total. The predicted molar refractivity (Wildman–Crippen MR) is 49.2 cm³/mol. The van der Waals surface area contributed by atoms with E-state index in [0.29, 0.717) is 0 Å². The molecule has 0 spiro atoms. The summed E-state index contributed by atoms with van der Waals surface area (Å²) in [5.74, 6) is -2.12. The normalized spacial score (nSPS) is 11.6. The van der Waals surface area contributed by atoms with Crippen LogP contribution in [0.3, 0.4) is 0 Å². The lowest BCUT2D eigenvalue weighted by molar-refractivity contribution is -0.142. The molecule has 0 bridgehead atoms. The molecule has 0 aliphatic rings. The van der Waals surface area contributed by atoms with Crippen LogP contribution < -0.4 is 5.32 Å². The molecular formula is C9H12N2O3. The summed E-state index contributed by atoms with van der Waals surface area (Å²) in [5, 5.41) is 19.3. The fraction of sp³-hybridized carbons (Fsp3) is 0.444. The van der Waals surface area contributed by atoms with E-state index < -0.39 is 17.9 Å². The molecule has 0 saturated carbocycles. The average Bonchev–Trinajstić information content (AvgIpc) is 2.11. The third-order valence-electron chi connectivity index (χ3n) is 1.63. The summed E-state index contributed by atoms with van der Waals surface area (Å²) in [4.78, 5) is 21.8. The number of hydrogen-bond donors (Lipinski definition) is 2. The average molecular weight is 196 g/mol. The Bertz CT molecular complexity index is 302. The fourth-order valence-corrected chi connectivity index (χ4v) is 0.793. The highest BCUT2D eigenvalue weighted by Crippen LogP contribution is 2.02. The van der Waals surface area contributed by atoms with Crippen molar-refractivity contribution in [3.63, 3.8) is 0 Å². The van der Waals surface area contributed by atoms with E-state index in [4.69, 9.17) is 10.4 Å². The van der Waals surface area contributed by atoms with Crippen molar-refractivity contribution >= 4 is 11.9 Å². The third-order valence-corrected chi connectivity index (χ3v) is 1.63. The van der Waals surface area contributed by atoms with Crippen LogP contribution in [0.25, 0.3) is 0 Å². The highest BCUT2D eigenvalue weighted by molar-refractivity contribution is 5.98. The molecule has 2 N–H and O–H groups in total. The maximum Gasteiger partial charge on any atom is 0.326 e. The lowest BCUT2D eigenvalue weighted by Gasteiger charge is -2.17. The van der Waals surface area contributed by atoms with E-state index in [2.05, 4.69) is 11.9 Å². The first-order chi connectivity index (χ1) is 6.40. The highest BCUT2D eigenvalue weighted by atomic mass is 16.4. The van der Waals surface area contributed by atoms with Crippen LogP contribution in [0.2, 0.25) is 0 Å². The van der Waals surface area contributed by atoms with Gasteiger partial charge in [-0.25, -0.2) is 4.79 Å². The number of nitrogens with one attached hydrogen (secondary N) is 1. The Balaban J connectivity index is 4.48. The Morgan fingerprint density at radius 1 is 1.50 bits per heavy atom. The summed E-state index contributed by atoms with van der Waals surface area (Å²) >= 11 is 0. The molecule has 0 rings (SSSR count). The summed E-state index contributed by atoms with van der Waals surface area (Å²) in [5.41, 5.74) is -0.295. The summed E-state index contributed by atoms with van der Waals surface area (Å²) in [6.45, 7) is 6.50. The van der Waals surface area contributed by atoms with Crippen LogP contribution in [0, 0.1) is 17.2 Å². The van der Waals surface area contributed by atoms with Gasteiger partial charge in [0.25, 0.3) is 5.91 Å². The number of nitriles is 1. The van der Waals surface area contributed by atoms with Gasteiger partial charge in [-0.1, -0.05) is 20.4 Å². The molecule has 14 heavy (non-hydrogen) atoms. The Morgan fingerprint density at radius 2 is 2.00 bits per heavy atom. The van der Waals surface area contributed by atoms with Crippen molar-refractivity contribution in [2.45, 2.75) is 19.9 Å². The van der Waals surface area contributed by atoms with E-state index in [9.17, 15) is 9.59 Å². The van der Waals surface area contributed by atoms with E-state index in [1.54, 1.807) is 19.9 Å². The first-order valence-electron chi connectivity index (χ1n) is 4.02. The smallest absolute Gasteiger partial charge is 0.326 e. The van der Waals surface area contributed by atoms with Gasteiger partial charge in [-0.2, -0.15) is 5.26 Å². The second-order valence-corrected chi connectivity index (χ2v) is 3.12. The molecular weight excluding hydrogens is 184 g/mol. The van der Waals surface area contributed by atoms with E-state index in [0.717, 1.165) is 0 Å². The van der Waals surface area contributed by atoms with E-state index in [1.165, 1.54) is 0 Å². The van der Waals surface area contributed by atoms with Gasteiger partial charge in [-0.05, 0) is 5.92 Å². The summed E-state index contributed by atoms with van der Waals surface area (Å²) < 4.78 is 0. The van der Waals surface area contributed by atoms with Gasteiger partial charge in [-0.15, -0.1) is 0 Å². The van der Waals surface area contributed by atoms with Gasteiger partial charge in [0, 0.05) is 0 Å². The molecule has 76 valence electrons. The maximum atomic E-state index is 11.1. The van der Waals surface area contributed by atoms with Crippen molar-refractivity contribution in [2.24, 2.45) is 5.92 Å². The molecule has 1 amide bonds. The summed E-state index contributed by atoms with van der Waals surface area (Å²) in [6, 6.07) is 0.556. The second kappa shape index (κ2) is 5.02. The molecule has 0 aliphatic carbocycles. The zero-order valence-corrected chi connectivity index (χ0v) is 8.07. The van der Waals surface area contributed by atoms with Crippen LogP contribution in [0.15, 0.2) is 12.2 Å². The van der Waals surface area contributed by atoms with Crippen molar-refractivity contribution in [3.8, 4) is 6.07 Å². The lowest BCUT2D eigenvalue weighted by atomic mass is 10.0. The largest absolute Gasteiger partial charge is 0.480 e. The lowest BCUT2D eigenvalue weighted by Crippen LogP contribution is -2.44. The number of nitrogens with zero attached hydrogens (tertiary/aromatic N) is 1. The minimum absolute atomic E-state index is 0.247. The Labute approximate surface area is 82.0 Å². The number of carboxylic acid groups (broad SMARTS) is 1. The van der Waals surface area contributed by atoms with Crippen LogP contribution in [-0.4, -0.2) is 23.0 Å². The first-order valence-corrected chi connectivity index (χ1v) is 4.02. The van der Waals surface area contributed by atoms with E-state index in [1.807, 2.05) is 0 Å². The molecule has 1 atom stereocenters. The molecule has 0 heterocycles. The molecule has 1 unspecified atom stereocenters. The minimum Gasteiger partial charge on any atom is -0.480 e. The molecule has 0 fully saturated rings. The monoisotopic (exact) mass is 196 g/mol. The van der Waals surface area contributed by atoms with E-state index in [-0.39, 0.29) is 11.5 Å². The van der Waals surface area contributed by atoms with Crippen LogP contribution in [0.4, 0.5) is 0 Å². The summed E-state index contributed by atoms with van der Waals surface area (Å²) in [6.07, 6.45) is 0. The van der Waals surface area contributed by atoms with Crippen molar-refractivity contribution in [1.82, 2.24) is 5.32 Å². The van der Waals surface area contributed by atoms with Crippen LogP contribution in [0.1, 0.15) is 13.8 Å². The number of carboxylic acids is 1. The van der Waals surface area contributed by atoms with Crippen LogP contribution >= 0.6 is 0 Å². The second-order valence-electron chi connectivity index (χ2n) is 3.12. The minimum atomic E-state index is -1.13. The molecule has 0 aliphatic heterocycles. The van der Waals surface area contributed by atoms with Gasteiger partial charge in [0.2, 0.25) is 0 Å². The van der Waals surface area contributed by atoms with Crippen molar-refractivity contribution in [1.29, 1.82) is 5.26 Å². The van der Waals surface area contributed by atoms with Gasteiger partial charge in [0.15, 0.2) is 0 Å². The standard InChI is InChI=1S/C9H12N2O3/c1-5(2)7(9(13)14)11-8(12)6(3)4-10/h5,7H,3H2,1-2H3,(H,11,12)(H,13,14). The molecule has 0 radical (unpaired) electrons. The van der Waals surface area contributed by atoms with Crippen LogP contribution in [0.5, 0.6) is 0 Å². The number of aliphatic carboxylic acids is 1. The van der Waals surface area contributed by atoms with E-state index >= 15 is 0 Å².